The van der Waals surface area contributed by atoms with E-state index in [-0.39, 0.29) is 16.3 Å². The van der Waals surface area contributed by atoms with E-state index >= 15 is 0 Å². The maximum absolute atomic E-state index is 13.3. The maximum Gasteiger partial charge on any atom is 0.411 e. The van der Waals surface area contributed by atoms with Crippen molar-refractivity contribution >= 4 is 27.7 Å². The highest BCUT2D eigenvalue weighted by atomic mass is 79.9. The molecule has 3 nitrogen and oxygen atoms in total. The van der Waals surface area contributed by atoms with Gasteiger partial charge in [-0.2, -0.15) is 0 Å². The minimum Gasteiger partial charge on any atom is -0.447 e. The third-order valence-corrected chi connectivity index (χ3v) is 2.20. The number of anilines is 1. The van der Waals surface area contributed by atoms with Gasteiger partial charge in [-0.3, -0.25) is 5.32 Å². The first-order valence-corrected chi connectivity index (χ1v) is 5.31. The van der Waals surface area contributed by atoms with Crippen LogP contribution in [0.2, 0.25) is 0 Å². The molecule has 1 rings (SSSR count). The highest BCUT2D eigenvalue weighted by molar-refractivity contribution is 9.10. The highest BCUT2D eigenvalue weighted by Gasteiger charge is 2.13. The molecule has 88 valence electrons. The van der Waals surface area contributed by atoms with Gasteiger partial charge in [0.25, 0.3) is 0 Å². The van der Waals surface area contributed by atoms with E-state index in [1.807, 2.05) is 0 Å². The van der Waals surface area contributed by atoms with Crippen molar-refractivity contribution in [1.82, 2.24) is 0 Å². The van der Waals surface area contributed by atoms with Crippen molar-refractivity contribution in [2.24, 2.45) is 0 Å². The zero-order valence-electron chi connectivity index (χ0n) is 8.68. The van der Waals surface area contributed by atoms with E-state index in [1.165, 1.54) is 0 Å². The Hall–Kier alpha value is -1.17. The molecular formula is C10H10BrF2NO2. The van der Waals surface area contributed by atoms with Crippen molar-refractivity contribution in [3.8, 4) is 0 Å². The van der Waals surface area contributed by atoms with Crippen LogP contribution in [0.1, 0.15) is 13.8 Å². The molecule has 0 saturated carbocycles. The Labute approximate surface area is 99.9 Å². The average Bonchev–Trinajstić information content (AvgIpc) is 2.09. The van der Waals surface area contributed by atoms with Crippen LogP contribution in [-0.4, -0.2) is 12.2 Å². The monoisotopic (exact) mass is 293 g/mol. The summed E-state index contributed by atoms with van der Waals surface area (Å²) in [6, 6.07) is 1.73. The van der Waals surface area contributed by atoms with Crippen LogP contribution in [0, 0.1) is 11.6 Å². The fourth-order valence-corrected chi connectivity index (χ4v) is 1.51. The molecule has 0 aromatic heterocycles. The first-order chi connectivity index (χ1) is 7.40. The second-order valence-electron chi connectivity index (χ2n) is 3.32. The molecule has 6 heteroatoms. The normalized spacial score (nSPS) is 10.4. The topological polar surface area (TPSA) is 38.3 Å². The van der Waals surface area contributed by atoms with Crippen molar-refractivity contribution in [1.29, 1.82) is 0 Å². The van der Waals surface area contributed by atoms with Gasteiger partial charge in [-0.15, -0.1) is 0 Å². The fourth-order valence-electron chi connectivity index (χ4n) is 1.01. The minimum absolute atomic E-state index is 0.116. The predicted octanol–water partition coefficient (Wildman–Crippen LogP) is 3.68. The number of nitrogens with one attached hydrogen (secondary N) is 1. The number of hydrogen-bond acceptors (Lipinski definition) is 2. The van der Waals surface area contributed by atoms with Crippen LogP contribution < -0.4 is 5.32 Å². The molecule has 1 N–H and O–H groups in total. The lowest BCUT2D eigenvalue weighted by molar-refractivity contribution is 0.130. The molecule has 0 unspecified atom stereocenters. The lowest BCUT2D eigenvalue weighted by Gasteiger charge is -2.11. The van der Waals surface area contributed by atoms with Crippen LogP contribution in [0.25, 0.3) is 0 Å². The van der Waals surface area contributed by atoms with Crippen LogP contribution in [0.4, 0.5) is 19.3 Å². The molecule has 0 saturated heterocycles. The zero-order valence-corrected chi connectivity index (χ0v) is 10.3. The van der Waals surface area contributed by atoms with Crippen molar-refractivity contribution in [3.05, 3.63) is 28.2 Å². The van der Waals surface area contributed by atoms with Crippen LogP contribution in [0.15, 0.2) is 16.6 Å². The molecule has 0 bridgehead atoms. The summed E-state index contributed by atoms with van der Waals surface area (Å²) in [4.78, 5) is 11.2. The van der Waals surface area contributed by atoms with Gasteiger partial charge in [-0.1, -0.05) is 0 Å². The van der Waals surface area contributed by atoms with Gasteiger partial charge in [0.05, 0.1) is 11.8 Å². The van der Waals surface area contributed by atoms with Gasteiger partial charge < -0.3 is 4.74 Å². The molecule has 1 aromatic rings. The molecule has 0 fully saturated rings. The van der Waals surface area contributed by atoms with Crippen molar-refractivity contribution in [2.75, 3.05) is 5.32 Å². The second-order valence-corrected chi connectivity index (χ2v) is 4.18. The van der Waals surface area contributed by atoms with Gasteiger partial charge in [-0.25, -0.2) is 13.6 Å². The molecule has 1 amide bonds. The number of ether oxygens (including phenoxy) is 1. The Kier molecular flexibility index (Phi) is 4.23. The van der Waals surface area contributed by atoms with Gasteiger partial charge in [0, 0.05) is 10.5 Å². The quantitative estimate of drug-likeness (QED) is 0.903. The summed E-state index contributed by atoms with van der Waals surface area (Å²) in [5.74, 6) is -1.60. The number of amides is 1. The molecule has 1 aromatic carbocycles. The van der Waals surface area contributed by atoms with Crippen LogP contribution in [0.5, 0.6) is 0 Å². The number of carbonyl (C=O) groups excluding carboxylic acids is 1. The summed E-state index contributed by atoms with van der Waals surface area (Å²) in [5.41, 5.74) is -0.146. The van der Waals surface area contributed by atoms with E-state index < -0.39 is 17.7 Å². The van der Waals surface area contributed by atoms with Gasteiger partial charge in [0.1, 0.15) is 5.82 Å². The Morgan fingerprint density at radius 3 is 2.56 bits per heavy atom. The van der Waals surface area contributed by atoms with E-state index in [1.54, 1.807) is 13.8 Å². The molecule has 0 heterocycles. The van der Waals surface area contributed by atoms with Crippen molar-refractivity contribution in [3.63, 3.8) is 0 Å². The number of halogens is 3. The third kappa shape index (κ3) is 3.44. The molecule has 0 atom stereocenters. The Morgan fingerprint density at radius 2 is 2.06 bits per heavy atom. The second kappa shape index (κ2) is 5.25. The highest BCUT2D eigenvalue weighted by Crippen LogP contribution is 2.26. The number of hydrogen-bond donors (Lipinski definition) is 1. The third-order valence-electron chi connectivity index (χ3n) is 1.58. The van der Waals surface area contributed by atoms with Crippen LogP contribution in [0.3, 0.4) is 0 Å². The number of rotatable bonds is 2. The van der Waals surface area contributed by atoms with Crippen molar-refractivity contribution < 1.29 is 18.3 Å². The smallest absolute Gasteiger partial charge is 0.411 e. The molecule has 0 aliphatic carbocycles. The minimum atomic E-state index is -0.868. The van der Waals surface area contributed by atoms with E-state index in [2.05, 4.69) is 21.2 Å². The zero-order chi connectivity index (χ0) is 12.3. The van der Waals surface area contributed by atoms with Crippen LogP contribution >= 0.6 is 15.9 Å². The Bertz CT molecular complexity index is 387. The summed E-state index contributed by atoms with van der Waals surface area (Å²) in [6.45, 7) is 3.32. The molecule has 16 heavy (non-hydrogen) atoms. The van der Waals surface area contributed by atoms with Gasteiger partial charge in [-0.05, 0) is 35.8 Å². The standard InChI is InChI=1S/C10H10BrF2NO2/c1-5(2)16-10(15)14-9-7(11)3-6(12)4-8(9)13/h3-5H,1-2H3,(H,14,15). The van der Waals surface area contributed by atoms with E-state index in [0.717, 1.165) is 6.07 Å². The first-order valence-electron chi connectivity index (χ1n) is 4.52. The molecule has 0 aliphatic heterocycles. The largest absolute Gasteiger partial charge is 0.447 e. The summed E-state index contributed by atoms with van der Waals surface area (Å²) >= 11 is 2.94. The summed E-state index contributed by atoms with van der Waals surface area (Å²) in [7, 11) is 0. The summed E-state index contributed by atoms with van der Waals surface area (Å²) in [6.07, 6.45) is -1.11. The van der Waals surface area contributed by atoms with E-state index in [9.17, 15) is 13.6 Å². The lowest BCUT2D eigenvalue weighted by atomic mass is 10.3. The van der Waals surface area contributed by atoms with Gasteiger partial charge >= 0.3 is 6.09 Å². The van der Waals surface area contributed by atoms with Gasteiger partial charge in [0.2, 0.25) is 0 Å². The van der Waals surface area contributed by atoms with E-state index in [4.69, 9.17) is 4.74 Å². The Balaban J connectivity index is 2.85. The maximum atomic E-state index is 13.3. The molecule has 0 aliphatic rings. The SMILES string of the molecule is CC(C)OC(=O)Nc1c(F)cc(F)cc1Br. The number of benzene rings is 1. The van der Waals surface area contributed by atoms with Crippen LogP contribution in [-0.2, 0) is 4.74 Å². The average molecular weight is 294 g/mol. The summed E-state index contributed by atoms with van der Waals surface area (Å²) < 4.78 is 30.9. The number of carbonyl (C=O) groups is 1. The fraction of sp³-hybridized carbons (Fsp3) is 0.300. The molecule has 0 radical (unpaired) electrons. The Morgan fingerprint density at radius 1 is 1.44 bits per heavy atom. The van der Waals surface area contributed by atoms with Gasteiger partial charge in [0.15, 0.2) is 5.82 Å². The van der Waals surface area contributed by atoms with E-state index in [0.29, 0.717) is 6.07 Å². The molecular weight excluding hydrogens is 284 g/mol. The molecule has 0 spiro atoms. The predicted molar refractivity (Wildman–Crippen MR) is 59.3 cm³/mol. The lowest BCUT2D eigenvalue weighted by Crippen LogP contribution is -2.19. The first kappa shape index (κ1) is 12.9. The summed E-state index contributed by atoms with van der Waals surface area (Å²) in [5, 5.41) is 2.19. The van der Waals surface area contributed by atoms with Crippen molar-refractivity contribution in [2.45, 2.75) is 20.0 Å².